The number of hydrogen-bond donors (Lipinski definition) is 1. The molecule has 32 heavy (non-hydrogen) atoms. The highest BCUT2D eigenvalue weighted by Crippen LogP contribution is 2.33. The Kier molecular flexibility index (Phi) is 6.87. The molecule has 0 saturated carbocycles. The van der Waals surface area contributed by atoms with Gasteiger partial charge in [0.1, 0.15) is 16.8 Å². The van der Waals surface area contributed by atoms with Crippen molar-refractivity contribution >= 4 is 51.5 Å². The summed E-state index contributed by atoms with van der Waals surface area (Å²) in [7, 11) is 1.55. The number of benzene rings is 2. The summed E-state index contributed by atoms with van der Waals surface area (Å²) in [5, 5.41) is 4.65. The lowest BCUT2D eigenvalue weighted by Gasteiger charge is -2.15. The predicted molar refractivity (Wildman–Crippen MR) is 126 cm³/mol. The molecule has 2 amide bonds. The third-order valence-electron chi connectivity index (χ3n) is 4.69. The molecule has 1 aromatic heterocycles. The van der Waals surface area contributed by atoms with Gasteiger partial charge in [0, 0.05) is 23.1 Å². The van der Waals surface area contributed by atoms with Gasteiger partial charge >= 0.3 is 0 Å². The van der Waals surface area contributed by atoms with Crippen LogP contribution in [0.1, 0.15) is 11.3 Å². The molecule has 0 bridgehead atoms. The van der Waals surface area contributed by atoms with Crippen molar-refractivity contribution in [2.75, 3.05) is 12.4 Å². The molecule has 4 rings (SSSR count). The van der Waals surface area contributed by atoms with Gasteiger partial charge in [0.25, 0.3) is 0 Å². The van der Waals surface area contributed by atoms with Crippen molar-refractivity contribution < 1.29 is 18.7 Å². The second kappa shape index (κ2) is 9.97. The number of aliphatic imine (C=N–C) groups is 1. The van der Waals surface area contributed by atoms with Crippen molar-refractivity contribution in [3.05, 3.63) is 76.7 Å². The number of thioether (sulfide) groups is 1. The van der Waals surface area contributed by atoms with Crippen LogP contribution in [0.3, 0.4) is 0 Å². The van der Waals surface area contributed by atoms with Gasteiger partial charge in [-0.3, -0.25) is 14.5 Å². The van der Waals surface area contributed by atoms with Crippen LogP contribution in [0, 0.1) is 5.82 Å². The average Bonchev–Trinajstić information content (AvgIpc) is 3.40. The summed E-state index contributed by atoms with van der Waals surface area (Å²) in [5.74, 6) is -0.176. The molecule has 0 spiro atoms. The number of nitrogens with zero attached hydrogens (tertiary/aromatic N) is 2. The molecular weight excluding hydrogens is 449 g/mol. The fourth-order valence-corrected chi connectivity index (χ4v) is 4.99. The zero-order valence-electron chi connectivity index (χ0n) is 17.2. The van der Waals surface area contributed by atoms with Gasteiger partial charge in [-0.15, -0.1) is 11.3 Å². The number of amidine groups is 1. The molecule has 3 aromatic rings. The van der Waals surface area contributed by atoms with Gasteiger partial charge in [0.15, 0.2) is 5.17 Å². The van der Waals surface area contributed by atoms with Crippen molar-refractivity contribution in [2.24, 2.45) is 4.99 Å². The van der Waals surface area contributed by atoms with Gasteiger partial charge in [-0.2, -0.15) is 0 Å². The number of hydrogen-bond acceptors (Lipinski definition) is 6. The predicted octanol–water partition coefficient (Wildman–Crippen LogP) is 5.06. The second-order valence-electron chi connectivity index (χ2n) is 6.97. The molecule has 1 atom stereocenters. The van der Waals surface area contributed by atoms with Gasteiger partial charge < -0.3 is 10.1 Å². The van der Waals surface area contributed by atoms with Crippen LogP contribution >= 0.6 is 23.1 Å². The molecule has 2 aromatic carbocycles. The number of amides is 2. The number of halogens is 1. The van der Waals surface area contributed by atoms with E-state index in [4.69, 9.17) is 4.74 Å². The molecule has 164 valence electrons. The van der Waals surface area contributed by atoms with E-state index in [1.54, 1.807) is 59.7 Å². The minimum Gasteiger partial charge on any atom is -0.497 e. The molecule has 1 fully saturated rings. The van der Waals surface area contributed by atoms with Gasteiger partial charge in [-0.1, -0.05) is 23.9 Å². The van der Waals surface area contributed by atoms with Crippen molar-refractivity contribution in [1.82, 2.24) is 4.90 Å². The van der Waals surface area contributed by atoms with E-state index in [-0.39, 0.29) is 24.1 Å². The Hall–Kier alpha value is -3.17. The van der Waals surface area contributed by atoms with Crippen LogP contribution < -0.4 is 10.1 Å². The lowest BCUT2D eigenvalue weighted by Crippen LogP contribution is -2.32. The fraction of sp³-hybridized carbons (Fsp3) is 0.174. The van der Waals surface area contributed by atoms with Crippen LogP contribution in [-0.4, -0.2) is 34.2 Å². The Bertz CT molecular complexity index is 1130. The molecule has 6 nitrogen and oxygen atoms in total. The minimum atomic E-state index is -0.597. The summed E-state index contributed by atoms with van der Waals surface area (Å²) in [6, 6.07) is 16.7. The number of methoxy groups -OCH3 is 1. The van der Waals surface area contributed by atoms with E-state index in [2.05, 4.69) is 10.3 Å². The lowest BCUT2D eigenvalue weighted by atomic mass is 10.2. The normalized spacial score (nSPS) is 17.1. The van der Waals surface area contributed by atoms with Crippen LogP contribution in [0.15, 0.2) is 71.0 Å². The van der Waals surface area contributed by atoms with E-state index in [0.29, 0.717) is 28.8 Å². The summed E-state index contributed by atoms with van der Waals surface area (Å²) in [4.78, 5) is 32.9. The molecule has 0 radical (unpaired) electrons. The van der Waals surface area contributed by atoms with Gasteiger partial charge in [0.2, 0.25) is 11.8 Å². The average molecular weight is 470 g/mol. The lowest BCUT2D eigenvalue weighted by molar-refractivity contribution is -0.128. The summed E-state index contributed by atoms with van der Waals surface area (Å²) >= 11 is 2.79. The van der Waals surface area contributed by atoms with Crippen LogP contribution in [0.4, 0.5) is 15.8 Å². The molecule has 2 heterocycles. The van der Waals surface area contributed by atoms with Crippen LogP contribution in [0.5, 0.6) is 5.75 Å². The highest BCUT2D eigenvalue weighted by molar-refractivity contribution is 8.15. The largest absolute Gasteiger partial charge is 0.497 e. The van der Waals surface area contributed by atoms with E-state index < -0.39 is 5.25 Å². The van der Waals surface area contributed by atoms with Crippen LogP contribution in [0.2, 0.25) is 0 Å². The maximum absolute atomic E-state index is 13.3. The molecule has 1 N–H and O–H groups in total. The number of ether oxygens (including phenoxy) is 1. The van der Waals surface area contributed by atoms with Gasteiger partial charge in [-0.25, -0.2) is 9.38 Å². The number of rotatable bonds is 7. The first-order chi connectivity index (χ1) is 15.5. The summed E-state index contributed by atoms with van der Waals surface area (Å²) < 4.78 is 18.4. The smallest absolute Gasteiger partial charge is 0.243 e. The maximum Gasteiger partial charge on any atom is 0.243 e. The van der Waals surface area contributed by atoms with E-state index in [1.165, 1.54) is 23.9 Å². The first-order valence-corrected chi connectivity index (χ1v) is 11.6. The monoisotopic (exact) mass is 469 g/mol. The van der Waals surface area contributed by atoms with Gasteiger partial charge in [-0.05, 0) is 47.8 Å². The van der Waals surface area contributed by atoms with Crippen LogP contribution in [-0.2, 0) is 16.1 Å². The molecule has 1 saturated heterocycles. The van der Waals surface area contributed by atoms with E-state index in [9.17, 15) is 14.0 Å². The topological polar surface area (TPSA) is 71.0 Å². The Morgan fingerprint density at radius 2 is 2.00 bits per heavy atom. The fourth-order valence-electron chi connectivity index (χ4n) is 3.14. The molecule has 1 aliphatic heterocycles. The van der Waals surface area contributed by atoms with Crippen LogP contribution in [0.25, 0.3) is 0 Å². The third kappa shape index (κ3) is 5.35. The number of carbonyl (C=O) groups is 2. The Morgan fingerprint density at radius 3 is 2.72 bits per heavy atom. The van der Waals surface area contributed by atoms with Crippen molar-refractivity contribution in [2.45, 2.75) is 18.2 Å². The zero-order chi connectivity index (χ0) is 22.5. The number of anilines is 1. The first-order valence-electron chi connectivity index (χ1n) is 9.80. The number of carbonyl (C=O) groups excluding carboxylic acids is 2. The third-order valence-corrected chi connectivity index (χ3v) is 6.73. The second-order valence-corrected chi connectivity index (χ2v) is 9.17. The number of thiophene rings is 1. The molecule has 1 aliphatic rings. The Balaban J connectivity index is 1.51. The van der Waals surface area contributed by atoms with Crippen molar-refractivity contribution in [3.63, 3.8) is 0 Å². The Labute approximate surface area is 193 Å². The zero-order valence-corrected chi connectivity index (χ0v) is 18.8. The standard InChI is InChI=1S/C23H20FN3O3S2/c1-30-18-5-2-4-17(12-18)25-21(28)13-20-22(29)27(14-19-6-3-11-31-19)23(32-20)26-16-9-7-15(24)8-10-16/h2-12,20H,13-14H2,1H3,(H,25,28). The van der Waals surface area contributed by atoms with Crippen molar-refractivity contribution in [1.29, 1.82) is 0 Å². The minimum absolute atomic E-state index is 0.00406. The molecule has 0 aliphatic carbocycles. The number of nitrogens with one attached hydrogen (secondary N) is 1. The van der Waals surface area contributed by atoms with E-state index >= 15 is 0 Å². The molecule has 1 unspecified atom stereocenters. The van der Waals surface area contributed by atoms with Gasteiger partial charge in [0.05, 0.1) is 19.3 Å². The highest BCUT2D eigenvalue weighted by atomic mass is 32.2. The Morgan fingerprint density at radius 1 is 1.19 bits per heavy atom. The summed E-state index contributed by atoms with van der Waals surface area (Å²) in [6.07, 6.45) is 0.00406. The van der Waals surface area contributed by atoms with E-state index in [0.717, 1.165) is 4.88 Å². The maximum atomic E-state index is 13.3. The first kappa shape index (κ1) is 22.0. The molecular formula is C23H20FN3O3S2. The van der Waals surface area contributed by atoms with Crippen molar-refractivity contribution in [3.8, 4) is 5.75 Å². The quantitative estimate of drug-likeness (QED) is 0.525. The SMILES string of the molecule is COc1cccc(NC(=O)CC2SC(=Nc3ccc(F)cc3)N(Cc3cccs3)C2=O)c1. The molecule has 9 heteroatoms. The summed E-state index contributed by atoms with van der Waals surface area (Å²) in [6.45, 7) is 0.373. The summed E-state index contributed by atoms with van der Waals surface area (Å²) in [5.41, 5.74) is 1.14. The highest BCUT2D eigenvalue weighted by Gasteiger charge is 2.39. The van der Waals surface area contributed by atoms with E-state index in [1.807, 2.05) is 17.5 Å².